The van der Waals surface area contributed by atoms with Crippen LogP contribution in [0.1, 0.15) is 0 Å². The van der Waals surface area contributed by atoms with E-state index < -0.39 is 0 Å². The summed E-state index contributed by atoms with van der Waals surface area (Å²) < 4.78 is 9.53. The number of nitrogens with zero attached hydrogens (tertiary/aromatic N) is 6. The van der Waals surface area contributed by atoms with Crippen molar-refractivity contribution in [3.63, 3.8) is 0 Å². The third-order valence-corrected chi connectivity index (χ3v) is 23.9. The summed E-state index contributed by atoms with van der Waals surface area (Å²) >= 11 is 0. The first kappa shape index (κ1) is 67.9. The third-order valence-electron chi connectivity index (χ3n) is 23.9. The van der Waals surface area contributed by atoms with Crippen LogP contribution in [0.25, 0.3) is 222 Å². The normalized spacial score (nSPS) is 11.7. The molecule has 0 fully saturated rings. The lowest BCUT2D eigenvalue weighted by molar-refractivity contribution is 0.995. The van der Waals surface area contributed by atoms with Gasteiger partial charge in [-0.3, -0.25) is 4.57 Å². The van der Waals surface area contributed by atoms with Crippen molar-refractivity contribution in [1.29, 1.82) is 0 Å². The van der Waals surface area contributed by atoms with Crippen LogP contribution in [0.15, 0.2) is 437 Å². The van der Waals surface area contributed by atoms with Gasteiger partial charge in [-0.2, -0.15) is 0 Å². The summed E-state index contributed by atoms with van der Waals surface area (Å²) in [6.07, 6.45) is 0. The third kappa shape index (κ3) is 11.7. The molecule has 0 saturated carbocycles. The molecule has 18 aromatic carbocycles. The average Bonchev–Trinajstić information content (AvgIpc) is 1.59. The molecule has 0 aliphatic rings. The molecule has 23 rings (SSSR count). The van der Waals surface area contributed by atoms with Crippen LogP contribution in [-0.4, -0.2) is 28.2 Å². The van der Waals surface area contributed by atoms with Crippen LogP contribution in [-0.2, 0) is 0 Å². The number of benzene rings is 18. The Hall–Kier alpha value is -15.8. The van der Waals surface area contributed by atoms with Gasteiger partial charge in [0.25, 0.3) is 0 Å². The quantitative estimate of drug-likeness (QED) is 0.109. The fourth-order valence-electron chi connectivity index (χ4n) is 18.3. The summed E-state index contributed by atoms with van der Waals surface area (Å²) in [5, 5.41) is 9.42. The Morgan fingerprint density at radius 1 is 0.127 bits per heavy atom. The Balaban J connectivity index is 0.590. The Morgan fingerprint density at radius 3 is 0.686 bits per heavy atom. The minimum absolute atomic E-state index is 0.597. The fourth-order valence-corrected chi connectivity index (χ4v) is 18.3. The highest BCUT2D eigenvalue weighted by atomic mass is 15.2. The van der Waals surface area contributed by atoms with Crippen molar-refractivity contribution in [3.05, 3.63) is 437 Å². The minimum Gasteiger partial charge on any atom is -0.309 e. The highest BCUT2D eigenvalue weighted by Gasteiger charge is 2.23. The summed E-state index contributed by atoms with van der Waals surface area (Å²) in [7, 11) is 0. The van der Waals surface area contributed by atoms with Gasteiger partial charge >= 0.3 is 0 Å². The molecule has 0 bridgehead atoms. The molecular formula is C112H72N6. The maximum atomic E-state index is 5.63. The average molecular weight is 1500 g/mol. The van der Waals surface area contributed by atoms with Gasteiger partial charge in [0.1, 0.15) is 0 Å². The van der Waals surface area contributed by atoms with E-state index in [1.807, 2.05) is 0 Å². The van der Waals surface area contributed by atoms with Gasteiger partial charge in [0.2, 0.25) is 5.95 Å². The Morgan fingerprint density at radius 2 is 0.356 bits per heavy atom. The molecule has 23 aromatic rings. The minimum atomic E-state index is 0.597. The molecular weight excluding hydrogens is 1430 g/mol. The summed E-state index contributed by atoms with van der Waals surface area (Å²) in [5.41, 5.74) is 34.6. The number of para-hydroxylation sites is 4. The van der Waals surface area contributed by atoms with Crippen LogP contribution in [0.2, 0.25) is 0 Å². The van der Waals surface area contributed by atoms with Gasteiger partial charge in [0.05, 0.1) is 55.5 Å². The molecule has 6 nitrogen and oxygen atoms in total. The molecule has 0 amide bonds. The number of hydrogen-bond donors (Lipinski definition) is 0. The van der Waals surface area contributed by atoms with Crippen molar-refractivity contribution in [2.75, 3.05) is 0 Å². The van der Waals surface area contributed by atoms with Crippen molar-refractivity contribution in [3.8, 4) is 135 Å². The van der Waals surface area contributed by atoms with Crippen molar-refractivity contribution in [2.24, 2.45) is 0 Å². The standard InChI is InChI=1S/C112H72N6/c1-6-27-73(28-7-1)85-59-86(74-29-8-2-9-30-74)62-89(61-85)78-37-24-40-91(65-78)115-104-47-20-16-43-94(104)98-68-80(51-55-108(98)115)81-53-57-110-100(69-81)96-45-18-22-49-106(96)117(110)93-42-26-39-84(67-93)103-72-102(77-35-14-5-15-36-77)113-112(114-103)118-107-50-23-19-46-97(107)101-71-83(54-58-111(101)118)82-52-56-109-99(70-82)95-44-17-21-48-105(95)116(109)92-41-25-38-79(66-92)90-63-87(75-31-10-3-11-32-75)60-88(64-90)76-33-12-4-13-34-76/h1-72H. The zero-order valence-electron chi connectivity index (χ0n) is 64.3. The molecule has 550 valence electrons. The van der Waals surface area contributed by atoms with Gasteiger partial charge in [0, 0.05) is 71.3 Å². The van der Waals surface area contributed by atoms with E-state index in [0.717, 1.165) is 128 Å². The Labute approximate surface area is 682 Å². The molecule has 0 spiro atoms. The molecule has 118 heavy (non-hydrogen) atoms. The van der Waals surface area contributed by atoms with E-state index in [-0.39, 0.29) is 0 Å². The van der Waals surface area contributed by atoms with E-state index in [9.17, 15) is 0 Å². The lowest BCUT2D eigenvalue weighted by Crippen LogP contribution is -2.04. The van der Waals surface area contributed by atoms with Crippen LogP contribution < -0.4 is 0 Å². The van der Waals surface area contributed by atoms with Crippen molar-refractivity contribution in [1.82, 2.24) is 28.2 Å². The monoisotopic (exact) mass is 1500 g/mol. The van der Waals surface area contributed by atoms with Gasteiger partial charge in [-0.15, -0.1) is 0 Å². The highest BCUT2D eigenvalue weighted by molar-refractivity contribution is 6.15. The Bertz CT molecular complexity index is 7790. The Kier molecular flexibility index (Phi) is 16.2. The molecule has 0 atom stereocenters. The number of hydrogen-bond acceptors (Lipinski definition) is 2. The summed E-state index contributed by atoms with van der Waals surface area (Å²) in [4.78, 5) is 11.1. The van der Waals surface area contributed by atoms with Crippen LogP contribution in [0, 0.1) is 0 Å². The second kappa shape index (κ2) is 28.1. The smallest absolute Gasteiger partial charge is 0.235 e. The predicted octanol–water partition coefficient (Wildman–Crippen LogP) is 29.5. The lowest BCUT2D eigenvalue weighted by Gasteiger charge is -2.14. The predicted molar refractivity (Wildman–Crippen MR) is 494 cm³/mol. The zero-order valence-corrected chi connectivity index (χ0v) is 64.3. The molecule has 0 radical (unpaired) electrons. The number of fused-ring (bicyclic) bond motifs is 12. The summed E-state index contributed by atoms with van der Waals surface area (Å²) in [6.45, 7) is 0. The van der Waals surface area contributed by atoms with E-state index in [1.54, 1.807) is 0 Å². The zero-order chi connectivity index (χ0) is 77.7. The van der Waals surface area contributed by atoms with Gasteiger partial charge in [-0.1, -0.05) is 285 Å². The molecule has 0 N–H and O–H groups in total. The summed E-state index contributed by atoms with van der Waals surface area (Å²) in [5.74, 6) is 0.597. The first-order valence-corrected chi connectivity index (χ1v) is 40.4. The van der Waals surface area contributed by atoms with E-state index >= 15 is 0 Å². The van der Waals surface area contributed by atoms with Crippen LogP contribution in [0.5, 0.6) is 0 Å². The van der Waals surface area contributed by atoms with E-state index in [4.69, 9.17) is 9.97 Å². The fraction of sp³-hybridized carbons (Fsp3) is 0. The maximum absolute atomic E-state index is 5.63. The van der Waals surface area contributed by atoms with Crippen molar-refractivity contribution in [2.45, 2.75) is 0 Å². The lowest BCUT2D eigenvalue weighted by atomic mass is 9.93. The molecule has 0 aliphatic carbocycles. The second-order valence-electron chi connectivity index (χ2n) is 30.9. The number of rotatable bonds is 14. The first-order chi connectivity index (χ1) is 58.5. The van der Waals surface area contributed by atoms with Gasteiger partial charge in [-0.25, -0.2) is 9.97 Å². The van der Waals surface area contributed by atoms with Crippen molar-refractivity contribution < 1.29 is 0 Å². The first-order valence-electron chi connectivity index (χ1n) is 40.4. The van der Waals surface area contributed by atoms with Crippen LogP contribution in [0.4, 0.5) is 0 Å². The highest BCUT2D eigenvalue weighted by Crippen LogP contribution is 2.45. The van der Waals surface area contributed by atoms with Gasteiger partial charge in [0.15, 0.2) is 0 Å². The molecule has 5 heterocycles. The van der Waals surface area contributed by atoms with E-state index in [0.29, 0.717) is 5.95 Å². The molecule has 0 aliphatic heterocycles. The molecule has 6 heteroatoms. The molecule has 0 unspecified atom stereocenters. The van der Waals surface area contributed by atoms with E-state index in [1.165, 1.54) is 88.0 Å². The van der Waals surface area contributed by atoms with Gasteiger partial charge < -0.3 is 13.7 Å². The SMILES string of the molecule is c1ccc(-c2cc(-c3ccccc3)cc(-c3cccc(-n4c5ccccc5c5cc(-c6ccc7c(c6)c6ccccc6n7-c6cccc(-c7cc(-c8ccccc8)nc(-n8c9ccccc9c9cc(-c%10ccc%11c(c%10)c%10ccccc%10n%11-c%10cccc(-c%11cc(-c%12ccccc%12)cc(-c%12ccccc%12)c%11)c%10)ccc98)n7)c6)ccc54)c3)c2)cc1. The second-order valence-corrected chi connectivity index (χ2v) is 30.9. The number of aromatic nitrogens is 6. The summed E-state index contributed by atoms with van der Waals surface area (Å²) in [6, 6.07) is 159. The van der Waals surface area contributed by atoms with Crippen LogP contribution >= 0.6 is 0 Å². The topological polar surface area (TPSA) is 45.5 Å². The largest absolute Gasteiger partial charge is 0.309 e. The molecule has 0 saturated heterocycles. The molecule has 5 aromatic heterocycles. The van der Waals surface area contributed by atoms with Crippen LogP contribution in [0.3, 0.4) is 0 Å². The van der Waals surface area contributed by atoms with E-state index in [2.05, 4.69) is 455 Å². The van der Waals surface area contributed by atoms with Crippen molar-refractivity contribution >= 4 is 87.2 Å². The maximum Gasteiger partial charge on any atom is 0.235 e. The van der Waals surface area contributed by atoms with Gasteiger partial charge in [-0.05, 0) is 241 Å².